The van der Waals surface area contributed by atoms with E-state index in [0.29, 0.717) is 5.56 Å². The van der Waals surface area contributed by atoms with E-state index in [4.69, 9.17) is 5.84 Å². The Hall–Kier alpha value is -1.59. The quantitative estimate of drug-likeness (QED) is 0.575. The van der Waals surface area contributed by atoms with Gasteiger partial charge in [-0.3, -0.25) is 10.6 Å². The summed E-state index contributed by atoms with van der Waals surface area (Å²) in [6, 6.07) is 7.15. The number of nitrogens with one attached hydrogen (secondary N) is 2. The molecule has 0 radical (unpaired) electrons. The van der Waals surface area contributed by atoms with Gasteiger partial charge in [-0.15, -0.1) is 0 Å². The number of likely N-dealkylation sites (tertiary alicyclic amines) is 1. The maximum Gasteiger partial charge on any atom is 0.251 e. The highest BCUT2D eigenvalue weighted by Gasteiger charge is 2.29. The molecule has 1 amide bonds. The number of nitrogens with two attached hydrogens (primary N) is 1. The Balaban J connectivity index is 1.88. The Bertz CT molecular complexity index is 449. The van der Waals surface area contributed by atoms with Crippen LogP contribution in [0.1, 0.15) is 30.1 Å². The zero-order chi connectivity index (χ0) is 14.6. The lowest BCUT2D eigenvalue weighted by Crippen LogP contribution is -2.43. The number of hydrogen-bond donors (Lipinski definition) is 3. The van der Waals surface area contributed by atoms with Gasteiger partial charge in [0.25, 0.3) is 5.91 Å². The molecule has 0 aliphatic carbocycles. The topological polar surface area (TPSA) is 70.4 Å². The third-order valence-electron chi connectivity index (χ3n) is 4.18. The molecule has 1 aliphatic heterocycles. The lowest BCUT2D eigenvalue weighted by molar-refractivity contribution is 0.0891. The van der Waals surface area contributed by atoms with E-state index in [1.807, 2.05) is 0 Å². The third kappa shape index (κ3) is 3.71. The van der Waals surface area contributed by atoms with Crippen molar-refractivity contribution >= 4 is 11.6 Å². The van der Waals surface area contributed by atoms with E-state index in [0.717, 1.165) is 38.2 Å². The van der Waals surface area contributed by atoms with Crippen molar-refractivity contribution in [2.24, 2.45) is 11.3 Å². The Morgan fingerprint density at radius 3 is 2.45 bits per heavy atom. The second-order valence-corrected chi connectivity index (χ2v) is 6.02. The predicted octanol–water partition coefficient (Wildman–Crippen LogP) is 1.43. The second kappa shape index (κ2) is 6.24. The normalized spacial score (nSPS) is 18.6. The number of hydrazine groups is 1. The van der Waals surface area contributed by atoms with Crippen LogP contribution in [0.25, 0.3) is 0 Å². The number of nitrogen functional groups attached to an aromatic ring is 1. The first-order valence-corrected chi connectivity index (χ1v) is 7.06. The zero-order valence-corrected chi connectivity index (χ0v) is 12.3. The van der Waals surface area contributed by atoms with Crippen molar-refractivity contribution in [2.75, 3.05) is 32.1 Å². The van der Waals surface area contributed by atoms with Gasteiger partial charge in [-0.1, -0.05) is 6.92 Å². The molecule has 0 spiro atoms. The van der Waals surface area contributed by atoms with E-state index in [9.17, 15) is 4.79 Å². The summed E-state index contributed by atoms with van der Waals surface area (Å²) in [5, 5.41) is 3.05. The number of piperidine rings is 1. The molecule has 2 rings (SSSR count). The van der Waals surface area contributed by atoms with Crippen molar-refractivity contribution < 1.29 is 4.79 Å². The molecule has 0 unspecified atom stereocenters. The highest BCUT2D eigenvalue weighted by molar-refractivity contribution is 5.94. The van der Waals surface area contributed by atoms with Crippen LogP contribution in [-0.4, -0.2) is 37.5 Å². The summed E-state index contributed by atoms with van der Waals surface area (Å²) in [5.74, 6) is 5.29. The molecule has 5 nitrogen and oxygen atoms in total. The maximum atomic E-state index is 12.1. The number of hydrogen-bond acceptors (Lipinski definition) is 4. The largest absolute Gasteiger partial charge is 0.351 e. The molecule has 0 saturated carbocycles. The average Bonchev–Trinajstić information content (AvgIpc) is 2.48. The van der Waals surface area contributed by atoms with E-state index < -0.39 is 0 Å². The summed E-state index contributed by atoms with van der Waals surface area (Å²) in [6.45, 7) is 5.19. The lowest BCUT2D eigenvalue weighted by atomic mass is 9.80. The van der Waals surface area contributed by atoms with Crippen LogP contribution in [0.15, 0.2) is 24.3 Å². The van der Waals surface area contributed by atoms with Crippen LogP contribution in [0.4, 0.5) is 5.69 Å². The first kappa shape index (κ1) is 14.8. The van der Waals surface area contributed by atoms with Crippen LogP contribution in [-0.2, 0) is 0 Å². The molecule has 1 aliphatic rings. The molecule has 5 heteroatoms. The van der Waals surface area contributed by atoms with Gasteiger partial charge in [0.05, 0.1) is 0 Å². The van der Waals surface area contributed by atoms with Crippen LogP contribution in [0.2, 0.25) is 0 Å². The van der Waals surface area contributed by atoms with Crippen LogP contribution < -0.4 is 16.6 Å². The molecule has 4 N–H and O–H groups in total. The molecule has 20 heavy (non-hydrogen) atoms. The van der Waals surface area contributed by atoms with Crippen LogP contribution in [0, 0.1) is 5.41 Å². The number of carbonyl (C=O) groups excluding carboxylic acids is 1. The molecule has 1 fully saturated rings. The number of carbonyl (C=O) groups is 1. The summed E-state index contributed by atoms with van der Waals surface area (Å²) in [5.41, 5.74) is 4.22. The molecule has 0 aromatic heterocycles. The number of anilines is 1. The molecule has 0 atom stereocenters. The van der Waals surface area contributed by atoms with E-state index in [1.165, 1.54) is 0 Å². The van der Waals surface area contributed by atoms with Gasteiger partial charge < -0.3 is 15.6 Å². The van der Waals surface area contributed by atoms with Crippen molar-refractivity contribution in [3.8, 4) is 0 Å². The molecule has 1 heterocycles. The fourth-order valence-corrected chi connectivity index (χ4v) is 2.45. The standard InChI is InChI=1S/C15H24N4O/c1-15(7-9-19(2)10-8-15)11-17-14(20)12-3-5-13(18-16)6-4-12/h3-6,18H,7-11,16H2,1-2H3,(H,17,20). The van der Waals surface area contributed by atoms with Gasteiger partial charge in [0.2, 0.25) is 0 Å². The number of nitrogens with zero attached hydrogens (tertiary/aromatic N) is 1. The Labute approximate surface area is 120 Å². The van der Waals surface area contributed by atoms with Gasteiger partial charge in [-0.2, -0.15) is 0 Å². The van der Waals surface area contributed by atoms with E-state index in [-0.39, 0.29) is 11.3 Å². The van der Waals surface area contributed by atoms with Crippen molar-refractivity contribution in [3.05, 3.63) is 29.8 Å². The second-order valence-electron chi connectivity index (χ2n) is 6.02. The minimum absolute atomic E-state index is 0.0197. The average molecular weight is 276 g/mol. The van der Waals surface area contributed by atoms with Crippen molar-refractivity contribution in [1.29, 1.82) is 0 Å². The molecular weight excluding hydrogens is 252 g/mol. The van der Waals surface area contributed by atoms with E-state index in [1.54, 1.807) is 24.3 Å². The Morgan fingerprint density at radius 2 is 1.90 bits per heavy atom. The van der Waals surface area contributed by atoms with Gasteiger partial charge in [-0.05, 0) is 62.7 Å². The van der Waals surface area contributed by atoms with Crippen molar-refractivity contribution in [3.63, 3.8) is 0 Å². The maximum absolute atomic E-state index is 12.1. The molecule has 1 saturated heterocycles. The third-order valence-corrected chi connectivity index (χ3v) is 4.18. The molecule has 1 aromatic carbocycles. The van der Waals surface area contributed by atoms with Crippen LogP contribution >= 0.6 is 0 Å². The number of amides is 1. The molecule has 1 aromatic rings. The molecule has 110 valence electrons. The summed E-state index contributed by atoms with van der Waals surface area (Å²) in [7, 11) is 2.14. The monoisotopic (exact) mass is 276 g/mol. The first-order valence-electron chi connectivity index (χ1n) is 7.06. The summed E-state index contributed by atoms with van der Waals surface area (Å²) in [6.07, 6.45) is 2.25. The van der Waals surface area contributed by atoms with Gasteiger partial charge in [-0.25, -0.2) is 0 Å². The van der Waals surface area contributed by atoms with Crippen molar-refractivity contribution in [2.45, 2.75) is 19.8 Å². The molecular formula is C15H24N4O. The summed E-state index contributed by atoms with van der Waals surface area (Å²) < 4.78 is 0. The first-order chi connectivity index (χ1) is 9.52. The number of benzene rings is 1. The minimum atomic E-state index is -0.0197. The predicted molar refractivity (Wildman–Crippen MR) is 81.4 cm³/mol. The Morgan fingerprint density at radius 1 is 1.30 bits per heavy atom. The fraction of sp³-hybridized carbons (Fsp3) is 0.533. The van der Waals surface area contributed by atoms with E-state index in [2.05, 4.69) is 29.6 Å². The highest BCUT2D eigenvalue weighted by atomic mass is 16.1. The molecule has 0 bridgehead atoms. The highest BCUT2D eigenvalue weighted by Crippen LogP contribution is 2.29. The number of rotatable bonds is 4. The van der Waals surface area contributed by atoms with Gasteiger partial charge in [0.15, 0.2) is 0 Å². The van der Waals surface area contributed by atoms with E-state index >= 15 is 0 Å². The Kier molecular flexibility index (Phi) is 4.62. The summed E-state index contributed by atoms with van der Waals surface area (Å²) in [4.78, 5) is 14.5. The smallest absolute Gasteiger partial charge is 0.251 e. The minimum Gasteiger partial charge on any atom is -0.351 e. The zero-order valence-electron chi connectivity index (χ0n) is 12.3. The lowest BCUT2D eigenvalue weighted by Gasteiger charge is -2.37. The van der Waals surface area contributed by atoms with Crippen molar-refractivity contribution in [1.82, 2.24) is 10.2 Å². The summed E-state index contributed by atoms with van der Waals surface area (Å²) >= 11 is 0. The van der Waals surface area contributed by atoms with Gasteiger partial charge in [0, 0.05) is 17.8 Å². The SMILES string of the molecule is CN1CCC(C)(CNC(=O)c2ccc(NN)cc2)CC1. The van der Waals surface area contributed by atoms with Crippen LogP contribution in [0.5, 0.6) is 0 Å². The van der Waals surface area contributed by atoms with Gasteiger partial charge >= 0.3 is 0 Å². The van der Waals surface area contributed by atoms with Crippen LogP contribution in [0.3, 0.4) is 0 Å². The van der Waals surface area contributed by atoms with Gasteiger partial charge in [0.1, 0.15) is 0 Å². The fourth-order valence-electron chi connectivity index (χ4n) is 2.45.